The van der Waals surface area contributed by atoms with Crippen LogP contribution in [0.15, 0.2) is 0 Å². The molecule has 0 aromatic rings. The molecule has 4 heteroatoms. The fraction of sp³-hybridized carbons (Fsp3) is 1.00. The van der Waals surface area contributed by atoms with Gasteiger partial charge in [0.15, 0.2) is 0 Å². The highest BCUT2D eigenvalue weighted by atomic mass is 16.3. The molecule has 2 unspecified atom stereocenters. The molecule has 0 spiro atoms. The molecule has 0 radical (unpaired) electrons. The highest BCUT2D eigenvalue weighted by Crippen LogP contribution is 2.02. The van der Waals surface area contributed by atoms with E-state index in [0.717, 1.165) is 13.1 Å². The van der Waals surface area contributed by atoms with Gasteiger partial charge in [0.1, 0.15) is 0 Å². The Morgan fingerprint density at radius 3 is 1.93 bits per heavy atom. The number of aliphatic hydroxyl groups excluding tert-OH is 2. The summed E-state index contributed by atoms with van der Waals surface area (Å²) in [6.07, 6.45) is -0.491. The number of likely N-dealkylation sites (N-methyl/N-ethyl adjacent to an activating group) is 2. The van der Waals surface area contributed by atoms with Gasteiger partial charge in [-0.3, -0.25) is 0 Å². The molecule has 0 aliphatic heterocycles. The molecular weight excluding hydrogens is 180 g/mol. The van der Waals surface area contributed by atoms with Gasteiger partial charge in [-0.2, -0.15) is 0 Å². The van der Waals surface area contributed by atoms with E-state index in [9.17, 15) is 5.11 Å². The summed E-state index contributed by atoms with van der Waals surface area (Å²) in [6.45, 7) is 6.61. The van der Waals surface area contributed by atoms with Gasteiger partial charge in [0.05, 0.1) is 18.8 Å². The Morgan fingerprint density at radius 2 is 1.64 bits per heavy atom. The molecule has 0 aromatic heterocycles. The maximum atomic E-state index is 9.87. The molecule has 0 aliphatic carbocycles. The standard InChI is InChI=1S/C10H24N2O2/c1-5-12(6-2)7-10(14)9(8-13)11(3)4/h9-10,13-14H,5-8H2,1-4H3. The average molecular weight is 204 g/mol. The largest absolute Gasteiger partial charge is 0.395 e. The third-order valence-corrected chi connectivity index (χ3v) is 2.63. The predicted molar refractivity (Wildman–Crippen MR) is 58.4 cm³/mol. The van der Waals surface area contributed by atoms with Crippen LogP contribution in [0.3, 0.4) is 0 Å². The first-order valence-corrected chi connectivity index (χ1v) is 5.24. The van der Waals surface area contributed by atoms with Crippen molar-refractivity contribution >= 4 is 0 Å². The number of hydrogen-bond acceptors (Lipinski definition) is 4. The number of hydrogen-bond donors (Lipinski definition) is 2. The van der Waals surface area contributed by atoms with Crippen LogP contribution < -0.4 is 0 Å². The minimum absolute atomic E-state index is 0.00453. The first-order valence-electron chi connectivity index (χ1n) is 5.24. The quantitative estimate of drug-likeness (QED) is 0.593. The summed E-state index contributed by atoms with van der Waals surface area (Å²) in [4.78, 5) is 4.00. The third kappa shape index (κ3) is 4.37. The van der Waals surface area contributed by atoms with Gasteiger partial charge in [-0.25, -0.2) is 0 Å². The van der Waals surface area contributed by atoms with Crippen molar-refractivity contribution in [3.63, 3.8) is 0 Å². The second-order valence-electron chi connectivity index (χ2n) is 3.77. The summed E-state index contributed by atoms with van der Waals surface area (Å²) in [5, 5.41) is 19.0. The van der Waals surface area contributed by atoms with E-state index >= 15 is 0 Å². The van der Waals surface area contributed by atoms with Gasteiger partial charge in [0.2, 0.25) is 0 Å². The SMILES string of the molecule is CCN(CC)CC(O)C(CO)N(C)C. The predicted octanol–water partition coefficient (Wildman–Crippen LogP) is -0.388. The zero-order valence-electron chi connectivity index (χ0n) is 9.77. The number of aliphatic hydroxyl groups is 2. The van der Waals surface area contributed by atoms with E-state index in [0.29, 0.717) is 6.54 Å². The summed E-state index contributed by atoms with van der Waals surface area (Å²) < 4.78 is 0. The lowest BCUT2D eigenvalue weighted by Crippen LogP contribution is -2.47. The third-order valence-electron chi connectivity index (χ3n) is 2.63. The monoisotopic (exact) mass is 204 g/mol. The molecular formula is C10H24N2O2. The minimum atomic E-state index is -0.491. The molecule has 4 nitrogen and oxygen atoms in total. The average Bonchev–Trinajstić information content (AvgIpc) is 2.14. The van der Waals surface area contributed by atoms with E-state index in [1.807, 2.05) is 19.0 Å². The molecule has 14 heavy (non-hydrogen) atoms. The Kier molecular flexibility index (Phi) is 7.09. The molecule has 2 N–H and O–H groups in total. The first kappa shape index (κ1) is 13.8. The van der Waals surface area contributed by atoms with E-state index in [1.54, 1.807) is 0 Å². The smallest absolute Gasteiger partial charge is 0.0844 e. The molecule has 0 saturated heterocycles. The van der Waals surface area contributed by atoms with Gasteiger partial charge < -0.3 is 20.0 Å². The molecule has 0 saturated carbocycles. The zero-order chi connectivity index (χ0) is 11.1. The van der Waals surface area contributed by atoms with Gasteiger partial charge in [-0.05, 0) is 27.2 Å². The minimum Gasteiger partial charge on any atom is -0.395 e. The van der Waals surface area contributed by atoms with Crippen LogP contribution in [0.2, 0.25) is 0 Å². The molecule has 0 heterocycles. The maximum absolute atomic E-state index is 9.87. The molecule has 0 aliphatic rings. The number of rotatable bonds is 7. The Balaban J connectivity index is 4.08. The maximum Gasteiger partial charge on any atom is 0.0844 e. The van der Waals surface area contributed by atoms with E-state index in [2.05, 4.69) is 18.7 Å². The highest BCUT2D eigenvalue weighted by molar-refractivity contribution is 4.77. The van der Waals surface area contributed by atoms with Crippen molar-refractivity contribution in [3.05, 3.63) is 0 Å². The fourth-order valence-electron chi connectivity index (χ4n) is 1.50. The van der Waals surface area contributed by atoms with Crippen LogP contribution in [-0.2, 0) is 0 Å². The fourth-order valence-corrected chi connectivity index (χ4v) is 1.50. The second kappa shape index (κ2) is 7.17. The Morgan fingerprint density at radius 1 is 1.14 bits per heavy atom. The summed E-state index contributed by atoms with van der Waals surface area (Å²) in [7, 11) is 3.73. The molecule has 0 fully saturated rings. The topological polar surface area (TPSA) is 46.9 Å². The van der Waals surface area contributed by atoms with Crippen molar-refractivity contribution in [1.82, 2.24) is 9.80 Å². The van der Waals surface area contributed by atoms with Crippen LogP contribution in [-0.4, -0.2) is 72.5 Å². The van der Waals surface area contributed by atoms with Crippen LogP contribution >= 0.6 is 0 Å². The van der Waals surface area contributed by atoms with E-state index in [4.69, 9.17) is 5.11 Å². The zero-order valence-corrected chi connectivity index (χ0v) is 9.77. The Labute approximate surface area is 87.1 Å². The summed E-state index contributed by atoms with van der Waals surface area (Å²) in [5.41, 5.74) is 0. The van der Waals surface area contributed by atoms with Crippen molar-refractivity contribution in [2.75, 3.05) is 40.3 Å². The molecule has 0 aromatic carbocycles. The molecule has 0 amide bonds. The Bertz CT molecular complexity index is 138. The van der Waals surface area contributed by atoms with Crippen molar-refractivity contribution in [2.45, 2.75) is 26.0 Å². The van der Waals surface area contributed by atoms with Crippen LogP contribution in [0.5, 0.6) is 0 Å². The van der Waals surface area contributed by atoms with Crippen LogP contribution in [0.1, 0.15) is 13.8 Å². The van der Waals surface area contributed by atoms with E-state index < -0.39 is 6.10 Å². The molecule has 86 valence electrons. The van der Waals surface area contributed by atoms with Crippen LogP contribution in [0.25, 0.3) is 0 Å². The van der Waals surface area contributed by atoms with Crippen LogP contribution in [0.4, 0.5) is 0 Å². The van der Waals surface area contributed by atoms with Crippen molar-refractivity contribution in [2.24, 2.45) is 0 Å². The highest BCUT2D eigenvalue weighted by Gasteiger charge is 2.21. The lowest BCUT2D eigenvalue weighted by molar-refractivity contribution is 0.0183. The van der Waals surface area contributed by atoms with Crippen molar-refractivity contribution < 1.29 is 10.2 Å². The molecule has 0 bridgehead atoms. The number of nitrogens with zero attached hydrogens (tertiary/aromatic N) is 2. The van der Waals surface area contributed by atoms with E-state index in [-0.39, 0.29) is 12.6 Å². The second-order valence-corrected chi connectivity index (χ2v) is 3.77. The van der Waals surface area contributed by atoms with E-state index in [1.165, 1.54) is 0 Å². The van der Waals surface area contributed by atoms with Crippen molar-refractivity contribution in [1.29, 1.82) is 0 Å². The lowest BCUT2D eigenvalue weighted by Gasteiger charge is -2.30. The summed E-state index contributed by atoms with van der Waals surface area (Å²) in [5.74, 6) is 0. The Hall–Kier alpha value is -0.160. The summed E-state index contributed by atoms with van der Waals surface area (Å²) >= 11 is 0. The van der Waals surface area contributed by atoms with Gasteiger partial charge in [0, 0.05) is 6.54 Å². The van der Waals surface area contributed by atoms with Crippen LogP contribution in [0, 0.1) is 0 Å². The first-order chi connectivity index (χ1) is 6.56. The molecule has 0 rings (SSSR count). The lowest BCUT2D eigenvalue weighted by atomic mass is 10.1. The summed E-state index contributed by atoms with van der Waals surface area (Å²) in [6, 6.07) is -0.171. The van der Waals surface area contributed by atoms with Gasteiger partial charge in [-0.15, -0.1) is 0 Å². The normalized spacial score (nSPS) is 16.3. The van der Waals surface area contributed by atoms with Crippen molar-refractivity contribution in [3.8, 4) is 0 Å². The van der Waals surface area contributed by atoms with Gasteiger partial charge in [0.25, 0.3) is 0 Å². The van der Waals surface area contributed by atoms with Gasteiger partial charge in [-0.1, -0.05) is 13.8 Å². The van der Waals surface area contributed by atoms with Gasteiger partial charge >= 0.3 is 0 Å². The molecule has 2 atom stereocenters.